The van der Waals surface area contributed by atoms with Gasteiger partial charge in [0.15, 0.2) is 5.76 Å². The van der Waals surface area contributed by atoms with Gasteiger partial charge in [0.2, 0.25) is 0 Å². The van der Waals surface area contributed by atoms with Crippen molar-refractivity contribution in [2.45, 2.75) is 6.92 Å². The number of nitro benzene ring substituents is 1. The number of benzene rings is 2. The van der Waals surface area contributed by atoms with Crippen LogP contribution in [0.2, 0.25) is 5.02 Å². The Morgan fingerprint density at radius 3 is 2.38 bits per heavy atom. The summed E-state index contributed by atoms with van der Waals surface area (Å²) in [6.45, 7) is 1.70. The average Bonchev–Trinajstić information content (AvgIpc) is 2.96. The number of nitrogens with one attached hydrogen (secondary N) is 2. The molecule has 26 heavy (non-hydrogen) atoms. The SMILES string of the molecule is Cc1c(C(=O)NNC(=O)c2ccc([N+](=O)[O-])cc2)oc2ccc(Cl)cc12. The fraction of sp³-hybridized carbons (Fsp3) is 0.0588. The van der Waals surface area contributed by atoms with Gasteiger partial charge in [-0.1, -0.05) is 11.6 Å². The highest BCUT2D eigenvalue weighted by molar-refractivity contribution is 6.31. The van der Waals surface area contributed by atoms with Crippen LogP contribution in [0.5, 0.6) is 0 Å². The molecule has 0 saturated carbocycles. The number of halogens is 1. The highest BCUT2D eigenvalue weighted by atomic mass is 35.5. The second kappa shape index (κ2) is 6.85. The van der Waals surface area contributed by atoms with E-state index in [2.05, 4.69) is 10.9 Å². The van der Waals surface area contributed by atoms with Crippen molar-refractivity contribution in [3.8, 4) is 0 Å². The number of nitro groups is 1. The lowest BCUT2D eigenvalue weighted by atomic mass is 10.1. The van der Waals surface area contributed by atoms with E-state index in [1.807, 2.05) is 0 Å². The van der Waals surface area contributed by atoms with Crippen LogP contribution in [0.15, 0.2) is 46.9 Å². The summed E-state index contributed by atoms with van der Waals surface area (Å²) >= 11 is 5.94. The van der Waals surface area contributed by atoms with E-state index in [1.165, 1.54) is 24.3 Å². The smallest absolute Gasteiger partial charge is 0.305 e. The van der Waals surface area contributed by atoms with Gasteiger partial charge in [0.05, 0.1) is 4.92 Å². The third-order valence-electron chi connectivity index (χ3n) is 3.73. The Labute approximate surface area is 151 Å². The molecule has 1 aromatic heterocycles. The largest absolute Gasteiger partial charge is 0.451 e. The van der Waals surface area contributed by atoms with E-state index < -0.39 is 16.7 Å². The number of amides is 2. The number of hydrogen-bond donors (Lipinski definition) is 2. The summed E-state index contributed by atoms with van der Waals surface area (Å²) in [6.07, 6.45) is 0. The lowest BCUT2D eigenvalue weighted by molar-refractivity contribution is -0.384. The normalized spacial score (nSPS) is 10.5. The number of rotatable bonds is 3. The van der Waals surface area contributed by atoms with Gasteiger partial charge in [0.1, 0.15) is 5.58 Å². The minimum Gasteiger partial charge on any atom is -0.451 e. The summed E-state index contributed by atoms with van der Waals surface area (Å²) in [7, 11) is 0. The molecule has 3 aromatic rings. The van der Waals surface area contributed by atoms with E-state index >= 15 is 0 Å². The van der Waals surface area contributed by atoms with Crippen molar-refractivity contribution in [1.29, 1.82) is 0 Å². The van der Waals surface area contributed by atoms with Gasteiger partial charge in [0, 0.05) is 33.7 Å². The molecule has 2 aromatic carbocycles. The molecule has 132 valence electrons. The average molecular weight is 374 g/mol. The molecule has 0 bridgehead atoms. The van der Waals surface area contributed by atoms with Gasteiger partial charge in [-0.05, 0) is 37.3 Å². The Morgan fingerprint density at radius 1 is 1.08 bits per heavy atom. The Morgan fingerprint density at radius 2 is 1.73 bits per heavy atom. The molecule has 2 N–H and O–H groups in total. The summed E-state index contributed by atoms with van der Waals surface area (Å²) in [5, 5.41) is 11.8. The molecule has 0 atom stereocenters. The number of fused-ring (bicyclic) bond motifs is 1. The van der Waals surface area contributed by atoms with Crippen molar-refractivity contribution >= 4 is 40.1 Å². The zero-order valence-electron chi connectivity index (χ0n) is 13.4. The predicted octanol–water partition coefficient (Wildman–Crippen LogP) is 3.38. The molecule has 8 nitrogen and oxygen atoms in total. The maximum absolute atomic E-state index is 12.3. The monoisotopic (exact) mass is 373 g/mol. The third kappa shape index (κ3) is 3.35. The van der Waals surface area contributed by atoms with Crippen LogP contribution in [0.25, 0.3) is 11.0 Å². The van der Waals surface area contributed by atoms with Gasteiger partial charge in [-0.15, -0.1) is 0 Å². The van der Waals surface area contributed by atoms with Crippen molar-refractivity contribution < 1.29 is 18.9 Å². The molecular weight excluding hydrogens is 362 g/mol. The zero-order chi connectivity index (χ0) is 18.8. The maximum atomic E-state index is 12.3. The first-order valence-electron chi connectivity index (χ1n) is 7.40. The van der Waals surface area contributed by atoms with Gasteiger partial charge in [0.25, 0.3) is 11.6 Å². The maximum Gasteiger partial charge on any atom is 0.305 e. The first kappa shape index (κ1) is 17.4. The summed E-state index contributed by atoms with van der Waals surface area (Å²) < 4.78 is 5.50. The van der Waals surface area contributed by atoms with Gasteiger partial charge < -0.3 is 4.42 Å². The van der Waals surface area contributed by atoms with Gasteiger partial charge in [-0.25, -0.2) is 0 Å². The summed E-state index contributed by atoms with van der Waals surface area (Å²) in [5.74, 6) is -1.21. The summed E-state index contributed by atoms with van der Waals surface area (Å²) in [4.78, 5) is 34.3. The fourth-order valence-electron chi connectivity index (χ4n) is 2.39. The number of aryl methyl sites for hydroxylation is 1. The Balaban J connectivity index is 1.71. The quantitative estimate of drug-likeness (QED) is 0.539. The number of carbonyl (C=O) groups excluding carboxylic acids is 2. The molecule has 0 aliphatic rings. The molecule has 0 radical (unpaired) electrons. The van der Waals surface area contributed by atoms with Crippen LogP contribution in [-0.2, 0) is 0 Å². The number of hydrogen-bond acceptors (Lipinski definition) is 5. The summed E-state index contributed by atoms with van der Waals surface area (Å²) in [5.41, 5.74) is 5.59. The number of carbonyl (C=O) groups is 2. The van der Waals surface area contributed by atoms with Crippen LogP contribution in [0.4, 0.5) is 5.69 Å². The highest BCUT2D eigenvalue weighted by Gasteiger charge is 2.19. The van der Waals surface area contributed by atoms with Crippen LogP contribution in [0.3, 0.4) is 0 Å². The molecule has 0 fully saturated rings. The van der Waals surface area contributed by atoms with E-state index in [-0.39, 0.29) is 17.0 Å². The van der Waals surface area contributed by atoms with Crippen LogP contribution < -0.4 is 10.9 Å². The summed E-state index contributed by atoms with van der Waals surface area (Å²) in [6, 6.07) is 9.94. The molecule has 1 heterocycles. The van der Waals surface area contributed by atoms with E-state index in [9.17, 15) is 19.7 Å². The fourth-order valence-corrected chi connectivity index (χ4v) is 2.56. The van der Waals surface area contributed by atoms with E-state index in [1.54, 1.807) is 25.1 Å². The molecule has 2 amide bonds. The number of hydrazine groups is 1. The lowest BCUT2D eigenvalue weighted by Crippen LogP contribution is -2.41. The molecule has 0 spiro atoms. The van der Waals surface area contributed by atoms with E-state index in [0.717, 1.165) is 0 Å². The van der Waals surface area contributed by atoms with Crippen LogP contribution in [-0.4, -0.2) is 16.7 Å². The molecular formula is C17H12ClN3O5. The Bertz CT molecular complexity index is 1030. The van der Waals surface area contributed by atoms with Gasteiger partial charge >= 0.3 is 5.91 Å². The van der Waals surface area contributed by atoms with Gasteiger partial charge in [-0.2, -0.15) is 0 Å². The number of furan rings is 1. The van der Waals surface area contributed by atoms with Crippen LogP contribution in [0.1, 0.15) is 26.5 Å². The lowest BCUT2D eigenvalue weighted by Gasteiger charge is -2.06. The molecule has 0 saturated heterocycles. The van der Waals surface area contributed by atoms with Crippen LogP contribution in [0, 0.1) is 17.0 Å². The van der Waals surface area contributed by atoms with Gasteiger partial charge in [-0.3, -0.25) is 30.6 Å². The van der Waals surface area contributed by atoms with Crippen molar-refractivity contribution in [3.63, 3.8) is 0 Å². The second-order valence-corrected chi connectivity index (χ2v) is 5.85. The van der Waals surface area contributed by atoms with E-state index in [0.29, 0.717) is 21.6 Å². The van der Waals surface area contributed by atoms with Crippen molar-refractivity contribution in [3.05, 3.63) is 74.5 Å². The third-order valence-corrected chi connectivity index (χ3v) is 3.97. The predicted molar refractivity (Wildman–Crippen MR) is 94.0 cm³/mol. The van der Waals surface area contributed by atoms with E-state index in [4.69, 9.17) is 16.0 Å². The molecule has 9 heteroatoms. The first-order valence-corrected chi connectivity index (χ1v) is 7.78. The van der Waals surface area contributed by atoms with Crippen molar-refractivity contribution in [1.82, 2.24) is 10.9 Å². The molecule has 0 unspecified atom stereocenters. The van der Waals surface area contributed by atoms with Crippen molar-refractivity contribution in [2.24, 2.45) is 0 Å². The Kier molecular flexibility index (Phi) is 4.59. The molecule has 0 aliphatic heterocycles. The molecule has 0 aliphatic carbocycles. The molecule has 3 rings (SSSR count). The second-order valence-electron chi connectivity index (χ2n) is 5.41. The number of non-ortho nitro benzene ring substituents is 1. The number of nitrogens with zero attached hydrogens (tertiary/aromatic N) is 1. The topological polar surface area (TPSA) is 114 Å². The van der Waals surface area contributed by atoms with Crippen molar-refractivity contribution in [2.75, 3.05) is 0 Å². The highest BCUT2D eigenvalue weighted by Crippen LogP contribution is 2.27. The minimum absolute atomic E-state index is 0.0475. The Hall–Kier alpha value is -3.39. The van der Waals surface area contributed by atoms with Crippen LogP contribution >= 0.6 is 11.6 Å². The first-order chi connectivity index (χ1) is 12.4. The zero-order valence-corrected chi connectivity index (χ0v) is 14.2. The minimum atomic E-state index is -0.634. The standard InChI is InChI=1S/C17H12ClN3O5/c1-9-13-8-11(18)4-7-14(13)26-15(9)17(23)20-19-16(22)10-2-5-12(6-3-10)21(24)25/h2-8H,1H3,(H,19,22)(H,20,23).